The van der Waals surface area contributed by atoms with E-state index in [4.69, 9.17) is 4.74 Å². The van der Waals surface area contributed by atoms with E-state index in [0.29, 0.717) is 13.2 Å². The van der Waals surface area contributed by atoms with E-state index in [1.807, 2.05) is 88.4 Å². The molecule has 1 unspecified atom stereocenters. The number of nitrogens with one attached hydrogen (secondary N) is 1. The van der Waals surface area contributed by atoms with Crippen LogP contribution in [0.4, 0.5) is 0 Å². The van der Waals surface area contributed by atoms with Crippen LogP contribution in [0.15, 0.2) is 85.3 Å². The molecule has 1 atom stereocenters. The summed E-state index contributed by atoms with van der Waals surface area (Å²) in [4.78, 5) is 12.4. The summed E-state index contributed by atoms with van der Waals surface area (Å²) in [6.45, 7) is 3.21. The van der Waals surface area contributed by atoms with Crippen molar-refractivity contribution in [3.63, 3.8) is 0 Å². The first-order valence-electron chi connectivity index (χ1n) is 11.7. The van der Waals surface area contributed by atoms with Gasteiger partial charge in [0.2, 0.25) is 5.91 Å². The van der Waals surface area contributed by atoms with Crippen LogP contribution in [0.5, 0.6) is 5.75 Å². The highest BCUT2D eigenvalue weighted by molar-refractivity contribution is 7.84. The number of para-hydroxylation sites is 1. The number of carbonyl (C=O) groups excluding carboxylic acids is 1. The number of nitrogens with zero attached hydrogens (tertiary/aromatic N) is 3. The van der Waals surface area contributed by atoms with Gasteiger partial charge in [0.25, 0.3) is 0 Å². The predicted molar refractivity (Wildman–Crippen MR) is 138 cm³/mol. The highest BCUT2D eigenvalue weighted by atomic mass is 32.2. The van der Waals surface area contributed by atoms with Crippen molar-refractivity contribution in [2.75, 3.05) is 12.4 Å². The summed E-state index contributed by atoms with van der Waals surface area (Å²) >= 11 is 0. The highest BCUT2D eigenvalue weighted by Crippen LogP contribution is 2.21. The van der Waals surface area contributed by atoms with Crippen LogP contribution in [-0.2, 0) is 27.9 Å². The van der Waals surface area contributed by atoms with Crippen LogP contribution in [-0.4, -0.2) is 36.8 Å². The van der Waals surface area contributed by atoms with E-state index in [9.17, 15) is 9.00 Å². The molecule has 0 aliphatic rings. The average molecular weight is 491 g/mol. The van der Waals surface area contributed by atoms with Gasteiger partial charge in [-0.25, -0.2) is 4.68 Å². The van der Waals surface area contributed by atoms with Gasteiger partial charge >= 0.3 is 0 Å². The van der Waals surface area contributed by atoms with Crippen LogP contribution < -0.4 is 10.1 Å². The van der Waals surface area contributed by atoms with E-state index in [1.54, 1.807) is 6.20 Å². The van der Waals surface area contributed by atoms with Gasteiger partial charge < -0.3 is 14.6 Å². The van der Waals surface area contributed by atoms with E-state index in [2.05, 4.69) is 17.3 Å². The molecule has 0 bridgehead atoms. The van der Waals surface area contributed by atoms with E-state index in [-0.39, 0.29) is 17.4 Å². The number of ether oxygens (including phenoxy) is 1. The van der Waals surface area contributed by atoms with Crippen LogP contribution in [0.3, 0.4) is 0 Å². The minimum atomic E-state index is -1.38. The molecule has 35 heavy (non-hydrogen) atoms. The lowest BCUT2D eigenvalue weighted by atomic mass is 10.2. The Kier molecular flexibility index (Phi) is 8.51. The van der Waals surface area contributed by atoms with Gasteiger partial charge in [-0.2, -0.15) is 5.10 Å². The second-order valence-electron chi connectivity index (χ2n) is 8.18. The fourth-order valence-electron chi connectivity index (χ4n) is 3.65. The van der Waals surface area contributed by atoms with Gasteiger partial charge in [0, 0.05) is 35.3 Å². The molecule has 1 amide bonds. The molecule has 2 aromatic carbocycles. The van der Waals surface area contributed by atoms with Gasteiger partial charge in [-0.15, -0.1) is 0 Å². The molecular weight excluding hydrogens is 460 g/mol. The molecule has 0 saturated heterocycles. The molecule has 8 heteroatoms. The SMILES string of the molecule is CCCCOc1ccc(CNC(=O)CS(=O)Cc2cnn(-c3ccccc3)c2-n2cccc2)cc1. The standard InChI is InChI=1S/C27H30N4O3S/c1-2-3-17-34-25-13-11-22(12-14-25)18-28-26(32)21-35(33)20-23-19-29-31(24-9-5-4-6-10-24)27(23)30-15-7-8-16-30/h4-16,19H,2-3,17-18,20-21H2,1H3,(H,28,32). The third-order valence-corrected chi connectivity index (χ3v) is 6.67. The van der Waals surface area contributed by atoms with E-state index in [0.717, 1.165) is 41.2 Å². The summed E-state index contributed by atoms with van der Waals surface area (Å²) in [5, 5.41) is 7.39. The third-order valence-electron chi connectivity index (χ3n) is 5.45. The number of benzene rings is 2. The molecule has 2 heterocycles. The molecule has 4 rings (SSSR count). The summed E-state index contributed by atoms with van der Waals surface area (Å²) in [7, 11) is -1.38. The number of amides is 1. The Hall–Kier alpha value is -3.65. The third kappa shape index (κ3) is 6.70. The summed E-state index contributed by atoms with van der Waals surface area (Å²) in [6.07, 6.45) is 7.69. The zero-order valence-corrected chi connectivity index (χ0v) is 20.6. The molecule has 2 aromatic heterocycles. The zero-order chi connectivity index (χ0) is 24.5. The number of aromatic nitrogens is 3. The lowest BCUT2D eigenvalue weighted by molar-refractivity contribution is -0.118. The Morgan fingerprint density at radius 2 is 1.77 bits per heavy atom. The Morgan fingerprint density at radius 1 is 1.03 bits per heavy atom. The van der Waals surface area contributed by atoms with Crippen molar-refractivity contribution in [2.45, 2.75) is 32.1 Å². The van der Waals surface area contributed by atoms with Gasteiger partial charge in [0.15, 0.2) is 0 Å². The maximum Gasteiger partial charge on any atom is 0.232 e. The average Bonchev–Trinajstić information content (AvgIpc) is 3.54. The Morgan fingerprint density at radius 3 is 2.49 bits per heavy atom. The van der Waals surface area contributed by atoms with Crippen molar-refractivity contribution in [3.05, 3.63) is 96.4 Å². The van der Waals surface area contributed by atoms with Crippen LogP contribution in [0.25, 0.3) is 11.5 Å². The van der Waals surface area contributed by atoms with Gasteiger partial charge in [0.1, 0.15) is 17.3 Å². The van der Waals surface area contributed by atoms with Crippen LogP contribution >= 0.6 is 0 Å². The van der Waals surface area contributed by atoms with Crippen molar-refractivity contribution in [2.24, 2.45) is 0 Å². The van der Waals surface area contributed by atoms with E-state index < -0.39 is 10.8 Å². The molecule has 7 nitrogen and oxygen atoms in total. The van der Waals surface area contributed by atoms with E-state index in [1.165, 1.54) is 0 Å². The van der Waals surface area contributed by atoms with Crippen molar-refractivity contribution < 1.29 is 13.7 Å². The maximum absolute atomic E-state index is 12.9. The first-order valence-corrected chi connectivity index (χ1v) is 13.2. The molecule has 0 radical (unpaired) electrons. The fraction of sp³-hybridized carbons (Fsp3) is 0.259. The van der Waals surface area contributed by atoms with Crippen molar-refractivity contribution >= 4 is 16.7 Å². The molecule has 182 valence electrons. The summed E-state index contributed by atoms with van der Waals surface area (Å²) in [6, 6.07) is 21.3. The van der Waals surface area contributed by atoms with Crippen LogP contribution in [0.2, 0.25) is 0 Å². The van der Waals surface area contributed by atoms with Crippen LogP contribution in [0, 0.1) is 0 Å². The number of unbranched alkanes of at least 4 members (excludes halogenated alkanes) is 1. The molecule has 0 saturated carbocycles. The largest absolute Gasteiger partial charge is 0.494 e. The number of hydrogen-bond acceptors (Lipinski definition) is 4. The van der Waals surface area contributed by atoms with E-state index >= 15 is 0 Å². The Balaban J connectivity index is 1.35. The van der Waals surface area contributed by atoms with Crippen molar-refractivity contribution in [3.8, 4) is 17.3 Å². The summed E-state index contributed by atoms with van der Waals surface area (Å²) in [5.41, 5.74) is 2.69. The Labute approximate surface area is 208 Å². The predicted octanol–water partition coefficient (Wildman–Crippen LogP) is 4.41. The first-order chi connectivity index (χ1) is 17.1. The number of hydrogen-bond donors (Lipinski definition) is 1. The Bertz CT molecular complexity index is 1240. The highest BCUT2D eigenvalue weighted by Gasteiger charge is 2.17. The van der Waals surface area contributed by atoms with Gasteiger partial charge in [-0.05, 0) is 48.4 Å². The van der Waals surface area contributed by atoms with Crippen molar-refractivity contribution in [1.29, 1.82) is 0 Å². The summed E-state index contributed by atoms with van der Waals surface area (Å²) in [5.74, 6) is 1.56. The molecule has 1 N–H and O–H groups in total. The summed E-state index contributed by atoms with van der Waals surface area (Å²) < 4.78 is 22.3. The molecule has 0 aliphatic heterocycles. The normalized spacial score (nSPS) is 11.8. The molecule has 0 spiro atoms. The van der Waals surface area contributed by atoms with Crippen LogP contribution in [0.1, 0.15) is 30.9 Å². The van der Waals surface area contributed by atoms with Crippen molar-refractivity contribution in [1.82, 2.24) is 19.7 Å². The second-order valence-corrected chi connectivity index (χ2v) is 9.64. The second kappa shape index (κ2) is 12.2. The monoisotopic (exact) mass is 490 g/mol. The zero-order valence-electron chi connectivity index (χ0n) is 19.8. The lowest BCUT2D eigenvalue weighted by Gasteiger charge is -2.11. The minimum Gasteiger partial charge on any atom is -0.494 e. The van der Waals surface area contributed by atoms with Gasteiger partial charge in [-0.1, -0.05) is 43.7 Å². The topological polar surface area (TPSA) is 78.2 Å². The molecular formula is C27H30N4O3S. The first kappa shape index (κ1) is 24.5. The lowest BCUT2D eigenvalue weighted by Crippen LogP contribution is -2.28. The minimum absolute atomic E-state index is 0.0696. The number of carbonyl (C=O) groups is 1. The fourth-order valence-corrected chi connectivity index (χ4v) is 4.69. The molecule has 0 aliphatic carbocycles. The quantitative estimate of drug-likeness (QED) is 0.299. The maximum atomic E-state index is 12.9. The van der Waals surface area contributed by atoms with Gasteiger partial charge in [-0.3, -0.25) is 9.00 Å². The number of rotatable bonds is 12. The molecule has 4 aromatic rings. The van der Waals surface area contributed by atoms with Gasteiger partial charge in [0.05, 0.1) is 24.2 Å². The molecule has 0 fully saturated rings. The smallest absolute Gasteiger partial charge is 0.232 e.